The van der Waals surface area contributed by atoms with Crippen molar-refractivity contribution in [2.45, 2.75) is 90.3 Å². The lowest BCUT2D eigenvalue weighted by atomic mass is 9.71. The minimum atomic E-state index is -0.637. The van der Waals surface area contributed by atoms with E-state index >= 15 is 0 Å². The standard InChI is InChI=1S/C24H38O6/c1-4-17-13-18(14-17)21(26)12-11-19-20(23(15-22(19)27)30-16(2)25)9-7-5-6-8-10-24(28)29-3/h11-12,17-19,21-22,26-27H,4-10,13-15H2,1-3H3/b12-11+/t17?,18?,19-,21-,22-/m1/s1. The molecule has 0 aromatic rings. The Morgan fingerprint density at radius 1 is 1.20 bits per heavy atom. The number of methoxy groups -OCH3 is 1. The van der Waals surface area contributed by atoms with E-state index in [0.717, 1.165) is 62.9 Å². The number of unbranched alkanes of at least 4 members (excludes halogenated alkanes) is 3. The van der Waals surface area contributed by atoms with Crippen LogP contribution in [0.15, 0.2) is 23.5 Å². The van der Waals surface area contributed by atoms with E-state index < -0.39 is 12.2 Å². The van der Waals surface area contributed by atoms with Crippen molar-refractivity contribution in [3.05, 3.63) is 23.5 Å². The molecular formula is C24H38O6. The number of esters is 2. The van der Waals surface area contributed by atoms with Crippen LogP contribution in [0, 0.1) is 17.8 Å². The maximum absolute atomic E-state index is 11.5. The second-order valence-electron chi connectivity index (χ2n) is 8.71. The van der Waals surface area contributed by atoms with Crippen LogP contribution in [0.3, 0.4) is 0 Å². The van der Waals surface area contributed by atoms with Gasteiger partial charge in [0.1, 0.15) is 5.76 Å². The van der Waals surface area contributed by atoms with Gasteiger partial charge in [-0.2, -0.15) is 0 Å². The monoisotopic (exact) mass is 422 g/mol. The quantitative estimate of drug-likeness (QED) is 0.280. The van der Waals surface area contributed by atoms with Crippen LogP contribution in [0.2, 0.25) is 0 Å². The highest BCUT2D eigenvalue weighted by Crippen LogP contribution is 2.40. The lowest BCUT2D eigenvalue weighted by Crippen LogP contribution is -2.32. The molecule has 0 aromatic carbocycles. The average Bonchev–Trinajstić information content (AvgIpc) is 2.95. The Balaban J connectivity index is 1.91. The van der Waals surface area contributed by atoms with E-state index in [-0.39, 0.29) is 17.9 Å². The van der Waals surface area contributed by atoms with Gasteiger partial charge in [-0.3, -0.25) is 9.59 Å². The lowest BCUT2D eigenvalue weighted by molar-refractivity contribution is -0.140. The molecule has 0 unspecified atom stereocenters. The Hall–Kier alpha value is -1.66. The molecule has 0 heterocycles. The Morgan fingerprint density at radius 3 is 2.53 bits per heavy atom. The first-order valence-electron chi connectivity index (χ1n) is 11.4. The molecule has 0 aromatic heterocycles. The number of hydrogen-bond donors (Lipinski definition) is 2. The normalized spacial score (nSPS) is 27.2. The Kier molecular flexibility index (Phi) is 10.1. The van der Waals surface area contributed by atoms with E-state index in [1.807, 2.05) is 12.2 Å². The van der Waals surface area contributed by atoms with Crippen molar-refractivity contribution in [3.63, 3.8) is 0 Å². The molecule has 170 valence electrons. The predicted octanol–water partition coefficient (Wildman–Crippen LogP) is 4.05. The van der Waals surface area contributed by atoms with Crippen LogP contribution >= 0.6 is 0 Å². The lowest BCUT2D eigenvalue weighted by Gasteiger charge is -2.37. The van der Waals surface area contributed by atoms with Gasteiger partial charge in [0.05, 0.1) is 19.3 Å². The van der Waals surface area contributed by atoms with E-state index in [4.69, 9.17) is 4.74 Å². The van der Waals surface area contributed by atoms with Gasteiger partial charge in [0.25, 0.3) is 0 Å². The first-order valence-corrected chi connectivity index (χ1v) is 11.4. The van der Waals surface area contributed by atoms with Crippen molar-refractivity contribution in [3.8, 4) is 0 Å². The van der Waals surface area contributed by atoms with Gasteiger partial charge in [-0.1, -0.05) is 38.3 Å². The zero-order chi connectivity index (χ0) is 22.1. The van der Waals surface area contributed by atoms with Crippen molar-refractivity contribution in [2.75, 3.05) is 7.11 Å². The number of hydrogen-bond acceptors (Lipinski definition) is 6. The number of aliphatic hydroxyl groups excluding tert-OH is 2. The molecule has 3 atom stereocenters. The summed E-state index contributed by atoms with van der Waals surface area (Å²) in [6, 6.07) is 0. The first kappa shape index (κ1) is 24.6. The Labute approximate surface area is 180 Å². The summed E-state index contributed by atoms with van der Waals surface area (Å²) >= 11 is 0. The zero-order valence-corrected chi connectivity index (χ0v) is 18.6. The molecule has 0 spiro atoms. The summed E-state index contributed by atoms with van der Waals surface area (Å²) in [6.45, 7) is 3.55. The summed E-state index contributed by atoms with van der Waals surface area (Å²) in [5.41, 5.74) is 0.953. The smallest absolute Gasteiger partial charge is 0.307 e. The molecule has 2 aliphatic rings. The minimum Gasteiger partial charge on any atom is -0.469 e. The van der Waals surface area contributed by atoms with Crippen LogP contribution in [0.1, 0.15) is 78.1 Å². The summed E-state index contributed by atoms with van der Waals surface area (Å²) in [7, 11) is 1.40. The van der Waals surface area contributed by atoms with Gasteiger partial charge in [-0.15, -0.1) is 0 Å². The highest BCUT2D eigenvalue weighted by atomic mass is 16.5. The van der Waals surface area contributed by atoms with E-state index in [9.17, 15) is 19.8 Å². The van der Waals surface area contributed by atoms with Crippen LogP contribution in [0.4, 0.5) is 0 Å². The highest BCUT2D eigenvalue weighted by Gasteiger charge is 2.35. The van der Waals surface area contributed by atoms with Crippen molar-refractivity contribution >= 4 is 11.9 Å². The van der Waals surface area contributed by atoms with Crippen molar-refractivity contribution in [2.24, 2.45) is 17.8 Å². The van der Waals surface area contributed by atoms with Crippen LogP contribution in [-0.2, 0) is 19.1 Å². The second kappa shape index (κ2) is 12.3. The van der Waals surface area contributed by atoms with E-state index in [0.29, 0.717) is 24.5 Å². The maximum atomic E-state index is 11.5. The van der Waals surface area contributed by atoms with Crippen molar-refractivity contribution in [1.82, 2.24) is 0 Å². The average molecular weight is 423 g/mol. The third-order valence-electron chi connectivity index (χ3n) is 6.49. The highest BCUT2D eigenvalue weighted by molar-refractivity contribution is 5.69. The van der Waals surface area contributed by atoms with Gasteiger partial charge >= 0.3 is 11.9 Å². The van der Waals surface area contributed by atoms with E-state index in [1.54, 1.807) is 0 Å². The number of carbonyl (C=O) groups excluding carboxylic acids is 2. The predicted molar refractivity (Wildman–Crippen MR) is 114 cm³/mol. The van der Waals surface area contributed by atoms with Gasteiger partial charge in [0.15, 0.2) is 0 Å². The minimum absolute atomic E-state index is 0.186. The molecule has 1 fully saturated rings. The van der Waals surface area contributed by atoms with Crippen LogP contribution < -0.4 is 0 Å². The molecule has 0 aliphatic heterocycles. The number of rotatable bonds is 12. The van der Waals surface area contributed by atoms with Gasteiger partial charge in [-0.05, 0) is 49.5 Å². The fourth-order valence-electron chi connectivity index (χ4n) is 4.53. The summed E-state index contributed by atoms with van der Waals surface area (Å²) < 4.78 is 10.0. The van der Waals surface area contributed by atoms with Gasteiger partial charge in [0, 0.05) is 25.7 Å². The number of ether oxygens (including phenoxy) is 2. The molecule has 6 heteroatoms. The Bertz CT molecular complexity index is 632. The Morgan fingerprint density at radius 2 is 1.90 bits per heavy atom. The molecule has 1 saturated carbocycles. The van der Waals surface area contributed by atoms with Crippen LogP contribution in [0.5, 0.6) is 0 Å². The summed E-state index contributed by atoms with van der Waals surface area (Å²) in [4.78, 5) is 22.7. The van der Waals surface area contributed by atoms with E-state index in [1.165, 1.54) is 14.0 Å². The molecule has 0 saturated heterocycles. The molecule has 6 nitrogen and oxygen atoms in total. The van der Waals surface area contributed by atoms with Gasteiger partial charge in [0.2, 0.25) is 0 Å². The fourth-order valence-corrected chi connectivity index (χ4v) is 4.53. The molecule has 2 aliphatic carbocycles. The third-order valence-corrected chi connectivity index (χ3v) is 6.49. The fraction of sp³-hybridized carbons (Fsp3) is 0.750. The molecule has 0 bridgehead atoms. The molecule has 0 radical (unpaired) electrons. The molecule has 30 heavy (non-hydrogen) atoms. The van der Waals surface area contributed by atoms with Gasteiger partial charge < -0.3 is 19.7 Å². The second-order valence-corrected chi connectivity index (χ2v) is 8.71. The van der Waals surface area contributed by atoms with Gasteiger partial charge in [-0.25, -0.2) is 0 Å². The molecular weight excluding hydrogens is 384 g/mol. The summed E-state index contributed by atoms with van der Waals surface area (Å²) in [5, 5.41) is 21.0. The van der Waals surface area contributed by atoms with Crippen molar-refractivity contribution in [1.29, 1.82) is 0 Å². The van der Waals surface area contributed by atoms with Crippen molar-refractivity contribution < 1.29 is 29.3 Å². The summed E-state index contributed by atoms with van der Waals surface area (Å²) in [5.74, 6) is 0.807. The molecule has 2 N–H and O–H groups in total. The number of carbonyl (C=O) groups is 2. The largest absolute Gasteiger partial charge is 0.469 e. The summed E-state index contributed by atoms with van der Waals surface area (Å²) in [6.07, 6.45) is 10.9. The number of aliphatic hydroxyl groups is 2. The molecule has 2 rings (SSSR count). The topological polar surface area (TPSA) is 93.1 Å². The van der Waals surface area contributed by atoms with Crippen LogP contribution in [0.25, 0.3) is 0 Å². The first-order chi connectivity index (χ1) is 14.3. The SMILES string of the molecule is CCC1CC([C@H](O)/C=C/[C@@H]2C(CCCCCCC(=O)OC)=C(OC(C)=O)C[C@H]2O)C1. The van der Waals surface area contributed by atoms with Crippen LogP contribution in [-0.4, -0.2) is 41.5 Å². The van der Waals surface area contributed by atoms with E-state index in [2.05, 4.69) is 11.7 Å². The third kappa shape index (κ3) is 7.24. The zero-order valence-electron chi connectivity index (χ0n) is 18.6. The maximum Gasteiger partial charge on any atom is 0.307 e. The molecule has 0 amide bonds.